The number of hydrogen-bond donors (Lipinski definition) is 0. The summed E-state index contributed by atoms with van der Waals surface area (Å²) in [5, 5.41) is 5.60. The number of nitrogens with zero attached hydrogens (tertiary/aromatic N) is 3. The van der Waals surface area contributed by atoms with Crippen molar-refractivity contribution in [2.75, 3.05) is 20.6 Å². The summed E-state index contributed by atoms with van der Waals surface area (Å²) in [5.74, 6) is 0. The van der Waals surface area contributed by atoms with E-state index in [-0.39, 0.29) is 0 Å². The van der Waals surface area contributed by atoms with Gasteiger partial charge in [-0.1, -0.05) is 12.1 Å². The highest BCUT2D eigenvalue weighted by molar-refractivity contribution is 5.82. The molecule has 2 aromatic rings. The Morgan fingerprint density at radius 2 is 2.12 bits per heavy atom. The molecule has 2 rings (SSSR count). The van der Waals surface area contributed by atoms with Crippen LogP contribution >= 0.6 is 0 Å². The Bertz CT molecular complexity index is 471. The summed E-state index contributed by atoms with van der Waals surface area (Å²) in [4.78, 5) is 2.23. The largest absolute Gasteiger partial charge is 0.309 e. The first kappa shape index (κ1) is 11.1. The third kappa shape index (κ3) is 2.25. The van der Waals surface area contributed by atoms with Gasteiger partial charge in [-0.2, -0.15) is 5.10 Å². The van der Waals surface area contributed by atoms with Gasteiger partial charge in [-0.3, -0.25) is 4.68 Å². The smallest absolute Gasteiger partial charge is 0.0681 e. The quantitative estimate of drug-likeness (QED) is 0.781. The summed E-state index contributed by atoms with van der Waals surface area (Å²) in [6.45, 7) is 1.14. The predicted octanol–water partition coefficient (Wildman–Crippen LogP) is 2.07. The summed E-state index contributed by atoms with van der Waals surface area (Å²) in [7, 11) is 6.22. The number of rotatable bonds is 4. The van der Waals surface area contributed by atoms with Gasteiger partial charge in [0.25, 0.3) is 0 Å². The van der Waals surface area contributed by atoms with E-state index in [0.717, 1.165) is 13.0 Å². The van der Waals surface area contributed by atoms with Gasteiger partial charge >= 0.3 is 0 Å². The van der Waals surface area contributed by atoms with Crippen molar-refractivity contribution in [3.05, 3.63) is 30.0 Å². The molecule has 1 aromatic carbocycles. The van der Waals surface area contributed by atoms with E-state index in [2.05, 4.69) is 42.3 Å². The Labute approximate surface area is 96.7 Å². The van der Waals surface area contributed by atoms with Gasteiger partial charge in [-0.25, -0.2) is 0 Å². The van der Waals surface area contributed by atoms with E-state index < -0.39 is 0 Å². The molecule has 0 atom stereocenters. The number of hydrogen-bond acceptors (Lipinski definition) is 2. The highest BCUT2D eigenvalue weighted by Gasteiger charge is 2.04. The maximum Gasteiger partial charge on any atom is 0.0681 e. The van der Waals surface area contributed by atoms with Crippen molar-refractivity contribution in [1.82, 2.24) is 14.7 Å². The average Bonchev–Trinajstić information content (AvgIpc) is 2.61. The van der Waals surface area contributed by atoms with E-state index in [1.165, 1.54) is 22.9 Å². The zero-order valence-electron chi connectivity index (χ0n) is 10.3. The third-order valence-electron chi connectivity index (χ3n) is 2.93. The number of aromatic nitrogens is 2. The second-order valence-corrected chi connectivity index (χ2v) is 4.52. The fourth-order valence-electron chi connectivity index (χ4n) is 2.04. The van der Waals surface area contributed by atoms with Crippen LogP contribution in [0.5, 0.6) is 0 Å². The second kappa shape index (κ2) is 4.66. The minimum absolute atomic E-state index is 1.13. The van der Waals surface area contributed by atoms with Crippen LogP contribution in [0.2, 0.25) is 0 Å². The van der Waals surface area contributed by atoms with Crippen molar-refractivity contribution in [2.24, 2.45) is 7.05 Å². The van der Waals surface area contributed by atoms with Gasteiger partial charge in [0.15, 0.2) is 0 Å². The molecule has 3 heteroatoms. The Hall–Kier alpha value is -1.35. The van der Waals surface area contributed by atoms with Crippen LogP contribution in [0.25, 0.3) is 10.9 Å². The molecule has 0 bridgehead atoms. The Morgan fingerprint density at radius 3 is 2.88 bits per heavy atom. The molecule has 0 radical (unpaired) electrons. The van der Waals surface area contributed by atoms with Crippen LogP contribution in [0.4, 0.5) is 0 Å². The minimum atomic E-state index is 1.13. The summed E-state index contributed by atoms with van der Waals surface area (Å²) >= 11 is 0. The first-order valence-electron chi connectivity index (χ1n) is 5.73. The molecule has 0 aliphatic carbocycles. The summed E-state index contributed by atoms with van der Waals surface area (Å²) in [6.07, 6.45) is 4.29. The first-order valence-corrected chi connectivity index (χ1v) is 5.73. The van der Waals surface area contributed by atoms with Crippen molar-refractivity contribution in [2.45, 2.75) is 12.8 Å². The SMILES string of the molecule is CN(C)CCCc1cccc2c1cnn2C. The lowest BCUT2D eigenvalue weighted by atomic mass is 10.1. The minimum Gasteiger partial charge on any atom is -0.309 e. The monoisotopic (exact) mass is 217 g/mol. The van der Waals surface area contributed by atoms with Gasteiger partial charge in [-0.15, -0.1) is 0 Å². The van der Waals surface area contributed by atoms with E-state index >= 15 is 0 Å². The molecule has 0 aliphatic rings. The van der Waals surface area contributed by atoms with E-state index in [0.29, 0.717) is 0 Å². The van der Waals surface area contributed by atoms with Crippen molar-refractivity contribution in [1.29, 1.82) is 0 Å². The van der Waals surface area contributed by atoms with Crippen LogP contribution in [-0.4, -0.2) is 35.3 Å². The van der Waals surface area contributed by atoms with Gasteiger partial charge in [0, 0.05) is 12.4 Å². The summed E-state index contributed by atoms with van der Waals surface area (Å²) in [5.41, 5.74) is 2.63. The lowest BCUT2D eigenvalue weighted by Crippen LogP contribution is -2.13. The molecule has 0 unspecified atom stereocenters. The van der Waals surface area contributed by atoms with Gasteiger partial charge in [-0.05, 0) is 45.1 Å². The van der Waals surface area contributed by atoms with Crippen LogP contribution in [0, 0.1) is 0 Å². The van der Waals surface area contributed by atoms with Crippen LogP contribution in [0.3, 0.4) is 0 Å². The fourth-order valence-corrected chi connectivity index (χ4v) is 2.04. The number of aryl methyl sites for hydroxylation is 2. The van der Waals surface area contributed by atoms with E-state index in [9.17, 15) is 0 Å². The molecule has 86 valence electrons. The molecule has 16 heavy (non-hydrogen) atoms. The molecule has 1 heterocycles. The third-order valence-corrected chi connectivity index (χ3v) is 2.93. The van der Waals surface area contributed by atoms with Gasteiger partial charge < -0.3 is 4.90 Å². The lowest BCUT2D eigenvalue weighted by molar-refractivity contribution is 0.400. The molecule has 0 saturated carbocycles. The summed E-state index contributed by atoms with van der Waals surface area (Å²) < 4.78 is 1.94. The first-order chi connectivity index (χ1) is 7.68. The number of benzene rings is 1. The van der Waals surface area contributed by atoms with Crippen molar-refractivity contribution < 1.29 is 0 Å². The predicted molar refractivity (Wildman–Crippen MR) is 67.6 cm³/mol. The standard InChI is InChI=1S/C13H19N3/c1-15(2)9-5-7-11-6-4-8-13-12(11)10-14-16(13)3/h4,6,8,10H,5,7,9H2,1-3H3. The van der Waals surface area contributed by atoms with Crippen molar-refractivity contribution >= 4 is 10.9 Å². The van der Waals surface area contributed by atoms with E-state index in [1.54, 1.807) is 0 Å². The second-order valence-electron chi connectivity index (χ2n) is 4.52. The molecule has 0 fully saturated rings. The highest BCUT2D eigenvalue weighted by Crippen LogP contribution is 2.19. The molecular formula is C13H19N3. The zero-order chi connectivity index (χ0) is 11.5. The fraction of sp³-hybridized carbons (Fsp3) is 0.462. The molecule has 3 nitrogen and oxygen atoms in total. The van der Waals surface area contributed by atoms with Crippen molar-refractivity contribution in [3.63, 3.8) is 0 Å². The van der Waals surface area contributed by atoms with Crippen LogP contribution in [-0.2, 0) is 13.5 Å². The van der Waals surface area contributed by atoms with Crippen LogP contribution in [0.15, 0.2) is 24.4 Å². The van der Waals surface area contributed by atoms with E-state index in [1.807, 2.05) is 17.9 Å². The molecule has 0 spiro atoms. The van der Waals surface area contributed by atoms with Crippen LogP contribution < -0.4 is 0 Å². The van der Waals surface area contributed by atoms with Gasteiger partial charge in [0.2, 0.25) is 0 Å². The van der Waals surface area contributed by atoms with Crippen LogP contribution in [0.1, 0.15) is 12.0 Å². The number of fused-ring (bicyclic) bond motifs is 1. The molecular weight excluding hydrogens is 198 g/mol. The van der Waals surface area contributed by atoms with Gasteiger partial charge in [0.05, 0.1) is 11.7 Å². The maximum absolute atomic E-state index is 4.31. The Morgan fingerprint density at radius 1 is 1.31 bits per heavy atom. The summed E-state index contributed by atoms with van der Waals surface area (Å²) in [6, 6.07) is 6.45. The topological polar surface area (TPSA) is 21.1 Å². The highest BCUT2D eigenvalue weighted by atomic mass is 15.2. The van der Waals surface area contributed by atoms with E-state index in [4.69, 9.17) is 0 Å². The molecule has 0 amide bonds. The molecule has 0 saturated heterocycles. The molecule has 0 N–H and O–H groups in total. The maximum atomic E-state index is 4.31. The zero-order valence-corrected chi connectivity index (χ0v) is 10.3. The lowest BCUT2D eigenvalue weighted by Gasteiger charge is -2.09. The average molecular weight is 217 g/mol. The van der Waals surface area contributed by atoms with Crippen molar-refractivity contribution in [3.8, 4) is 0 Å². The Kier molecular flexibility index (Phi) is 3.25. The normalized spacial score (nSPS) is 11.5. The molecule has 0 aliphatic heterocycles. The Balaban J connectivity index is 2.17. The van der Waals surface area contributed by atoms with Gasteiger partial charge in [0.1, 0.15) is 0 Å². The molecule has 1 aromatic heterocycles.